The maximum atomic E-state index is 13.2. The average molecular weight is 407 g/mol. The first-order valence-electron chi connectivity index (χ1n) is 9.34. The summed E-state index contributed by atoms with van der Waals surface area (Å²) in [7, 11) is 1.66. The zero-order valence-electron chi connectivity index (χ0n) is 15.6. The van der Waals surface area contributed by atoms with Crippen molar-refractivity contribution in [1.82, 2.24) is 10.2 Å². The summed E-state index contributed by atoms with van der Waals surface area (Å²) in [6, 6.07) is 10.4. The molecule has 2 aliphatic rings. The minimum absolute atomic E-state index is 0. The number of methoxy groups -OCH3 is 1. The second-order valence-corrected chi connectivity index (χ2v) is 8.29. The molecule has 1 aromatic heterocycles. The smallest absolute Gasteiger partial charge is 0.227 e. The van der Waals surface area contributed by atoms with E-state index in [-0.39, 0.29) is 18.3 Å². The van der Waals surface area contributed by atoms with Crippen molar-refractivity contribution in [3.63, 3.8) is 0 Å². The molecule has 1 atom stereocenters. The normalized spacial score (nSPS) is 20.0. The highest BCUT2D eigenvalue weighted by Crippen LogP contribution is 2.56. The number of hydrogen-bond acceptors (Lipinski definition) is 4. The van der Waals surface area contributed by atoms with Crippen LogP contribution in [0.25, 0.3) is 0 Å². The van der Waals surface area contributed by atoms with Crippen LogP contribution in [-0.2, 0) is 17.8 Å². The lowest BCUT2D eigenvalue weighted by molar-refractivity contribution is -0.132. The first kappa shape index (κ1) is 20.2. The predicted octanol–water partition coefficient (Wildman–Crippen LogP) is 3.89. The maximum absolute atomic E-state index is 13.2. The van der Waals surface area contributed by atoms with Gasteiger partial charge in [0.1, 0.15) is 5.75 Å². The Morgan fingerprint density at radius 2 is 1.96 bits per heavy atom. The zero-order chi connectivity index (χ0) is 18.0. The van der Waals surface area contributed by atoms with E-state index in [4.69, 9.17) is 4.74 Å². The van der Waals surface area contributed by atoms with Crippen LogP contribution in [0.2, 0.25) is 0 Å². The quantitative estimate of drug-likeness (QED) is 0.791. The topological polar surface area (TPSA) is 41.6 Å². The molecule has 1 saturated carbocycles. The van der Waals surface area contributed by atoms with Crippen molar-refractivity contribution in [2.24, 2.45) is 5.41 Å². The number of ether oxygens (including phenoxy) is 1. The van der Waals surface area contributed by atoms with Crippen LogP contribution in [0, 0.1) is 5.41 Å². The summed E-state index contributed by atoms with van der Waals surface area (Å²) in [5.74, 6) is 1.06. The fraction of sp³-hybridized carbons (Fsp3) is 0.476. The number of carbonyl (C=O) groups excluding carboxylic acids is 1. The third kappa shape index (κ3) is 4.48. The Balaban J connectivity index is 0.00000210. The number of benzene rings is 1. The van der Waals surface area contributed by atoms with Gasteiger partial charge in [0.05, 0.1) is 13.5 Å². The molecule has 1 amide bonds. The van der Waals surface area contributed by atoms with Crippen LogP contribution < -0.4 is 10.1 Å². The molecule has 2 aromatic rings. The molecule has 27 heavy (non-hydrogen) atoms. The van der Waals surface area contributed by atoms with Gasteiger partial charge < -0.3 is 15.0 Å². The summed E-state index contributed by atoms with van der Waals surface area (Å²) in [5, 5.41) is 7.70. The molecule has 1 aliphatic heterocycles. The van der Waals surface area contributed by atoms with E-state index in [1.54, 1.807) is 18.4 Å². The van der Waals surface area contributed by atoms with Gasteiger partial charge in [-0.2, -0.15) is 11.3 Å². The second kappa shape index (κ2) is 8.63. The number of halogens is 1. The van der Waals surface area contributed by atoms with Crippen molar-refractivity contribution in [2.75, 3.05) is 20.2 Å². The van der Waals surface area contributed by atoms with E-state index in [1.165, 1.54) is 18.4 Å². The van der Waals surface area contributed by atoms with E-state index in [1.807, 2.05) is 24.3 Å². The molecule has 4 rings (SSSR count). The number of nitrogens with one attached hydrogen (secondary N) is 1. The SMILES string of the molecule is COc1ccc(CC(=O)N(Cc2ccsc2)C2CC23CCNCC3)cc1.Cl. The van der Waals surface area contributed by atoms with Gasteiger partial charge in [0, 0.05) is 12.6 Å². The highest BCUT2D eigenvalue weighted by Gasteiger charge is 2.57. The maximum Gasteiger partial charge on any atom is 0.227 e. The molecule has 1 aromatic carbocycles. The second-order valence-electron chi connectivity index (χ2n) is 7.51. The van der Waals surface area contributed by atoms with Gasteiger partial charge in [-0.25, -0.2) is 0 Å². The van der Waals surface area contributed by atoms with Crippen molar-refractivity contribution in [3.8, 4) is 5.75 Å². The summed E-state index contributed by atoms with van der Waals surface area (Å²) in [4.78, 5) is 15.3. The van der Waals surface area contributed by atoms with Gasteiger partial charge in [0.15, 0.2) is 0 Å². The van der Waals surface area contributed by atoms with Crippen LogP contribution in [0.15, 0.2) is 41.1 Å². The van der Waals surface area contributed by atoms with E-state index >= 15 is 0 Å². The Morgan fingerprint density at radius 3 is 2.59 bits per heavy atom. The number of piperidine rings is 1. The Hall–Kier alpha value is -1.56. The van der Waals surface area contributed by atoms with Gasteiger partial charge >= 0.3 is 0 Å². The molecule has 2 fully saturated rings. The first-order valence-corrected chi connectivity index (χ1v) is 10.3. The van der Waals surface area contributed by atoms with Gasteiger partial charge in [-0.05, 0) is 77.9 Å². The van der Waals surface area contributed by atoms with Crippen molar-refractivity contribution in [1.29, 1.82) is 0 Å². The Morgan fingerprint density at radius 1 is 1.22 bits per heavy atom. The lowest BCUT2D eigenvalue weighted by atomic mass is 9.93. The van der Waals surface area contributed by atoms with Crippen LogP contribution in [0.4, 0.5) is 0 Å². The molecular weight excluding hydrogens is 380 g/mol. The van der Waals surface area contributed by atoms with Crippen LogP contribution in [0.5, 0.6) is 5.75 Å². The van der Waals surface area contributed by atoms with Crippen molar-refractivity contribution < 1.29 is 9.53 Å². The van der Waals surface area contributed by atoms with E-state index in [0.717, 1.165) is 37.4 Å². The molecule has 0 radical (unpaired) electrons. The van der Waals surface area contributed by atoms with E-state index in [2.05, 4.69) is 27.0 Å². The number of nitrogens with zero attached hydrogens (tertiary/aromatic N) is 1. The molecule has 1 aliphatic carbocycles. The van der Waals surface area contributed by atoms with Crippen molar-refractivity contribution in [2.45, 2.75) is 38.3 Å². The lowest BCUT2D eigenvalue weighted by Gasteiger charge is -2.29. The number of thiophene rings is 1. The molecular formula is C21H27ClN2O2S. The monoisotopic (exact) mass is 406 g/mol. The molecule has 0 bridgehead atoms. The van der Waals surface area contributed by atoms with Gasteiger partial charge in [0.25, 0.3) is 0 Å². The highest BCUT2D eigenvalue weighted by molar-refractivity contribution is 7.07. The molecule has 146 valence electrons. The third-order valence-corrected chi connectivity index (χ3v) is 6.62. The number of amides is 1. The molecule has 6 heteroatoms. The zero-order valence-corrected chi connectivity index (χ0v) is 17.3. The van der Waals surface area contributed by atoms with E-state index in [9.17, 15) is 4.79 Å². The third-order valence-electron chi connectivity index (χ3n) is 5.89. The lowest BCUT2D eigenvalue weighted by Crippen LogP contribution is -2.39. The minimum Gasteiger partial charge on any atom is -0.497 e. The highest BCUT2D eigenvalue weighted by atomic mass is 35.5. The molecule has 1 unspecified atom stereocenters. The van der Waals surface area contributed by atoms with Crippen LogP contribution >= 0.6 is 23.7 Å². The summed E-state index contributed by atoms with van der Waals surface area (Å²) >= 11 is 1.70. The number of hydrogen-bond donors (Lipinski definition) is 1. The van der Waals surface area contributed by atoms with Crippen molar-refractivity contribution >= 4 is 29.7 Å². The van der Waals surface area contributed by atoms with Gasteiger partial charge in [-0.15, -0.1) is 12.4 Å². The standard InChI is InChI=1S/C21H26N2O2S.ClH/c1-25-18-4-2-16(3-5-18)12-20(24)23(14-17-6-11-26-15-17)19-13-21(19)7-9-22-10-8-21;/h2-6,11,15,19,22H,7-10,12-14H2,1H3;1H. The fourth-order valence-corrected chi connectivity index (χ4v) is 4.86. The molecule has 1 saturated heterocycles. The van der Waals surface area contributed by atoms with Crippen LogP contribution in [0.3, 0.4) is 0 Å². The Kier molecular flexibility index (Phi) is 6.45. The Bertz CT molecular complexity index is 742. The van der Waals surface area contributed by atoms with E-state index < -0.39 is 0 Å². The fourth-order valence-electron chi connectivity index (χ4n) is 4.20. The van der Waals surface area contributed by atoms with Crippen molar-refractivity contribution in [3.05, 3.63) is 52.2 Å². The summed E-state index contributed by atoms with van der Waals surface area (Å²) < 4.78 is 5.22. The first-order chi connectivity index (χ1) is 12.7. The summed E-state index contributed by atoms with van der Waals surface area (Å²) in [6.45, 7) is 2.89. The Labute approximate surface area is 171 Å². The van der Waals surface area contributed by atoms with Gasteiger partial charge in [-0.1, -0.05) is 12.1 Å². The predicted molar refractivity (Wildman–Crippen MR) is 112 cm³/mol. The van der Waals surface area contributed by atoms with E-state index in [0.29, 0.717) is 17.9 Å². The van der Waals surface area contributed by atoms with Gasteiger partial charge in [-0.3, -0.25) is 4.79 Å². The minimum atomic E-state index is 0. The largest absolute Gasteiger partial charge is 0.497 e. The number of rotatable bonds is 6. The molecule has 4 nitrogen and oxygen atoms in total. The number of carbonyl (C=O) groups is 1. The molecule has 2 heterocycles. The molecule has 1 N–H and O–H groups in total. The molecule has 1 spiro atoms. The van der Waals surface area contributed by atoms with Crippen LogP contribution in [-0.4, -0.2) is 37.0 Å². The average Bonchev–Trinajstić information content (AvgIpc) is 3.09. The summed E-state index contributed by atoms with van der Waals surface area (Å²) in [5.41, 5.74) is 2.65. The van der Waals surface area contributed by atoms with Gasteiger partial charge in [0.2, 0.25) is 5.91 Å². The summed E-state index contributed by atoms with van der Waals surface area (Å²) in [6.07, 6.45) is 3.99. The van der Waals surface area contributed by atoms with Crippen LogP contribution in [0.1, 0.15) is 30.4 Å².